The fourth-order valence-electron chi connectivity index (χ4n) is 3.92. The fourth-order valence-corrected chi connectivity index (χ4v) is 4.19. The third-order valence-electron chi connectivity index (χ3n) is 5.79. The second-order valence-electron chi connectivity index (χ2n) is 8.48. The van der Waals surface area contributed by atoms with Crippen LogP contribution < -0.4 is 16.4 Å². The van der Waals surface area contributed by atoms with E-state index >= 15 is 0 Å². The second-order valence-corrected chi connectivity index (χ2v) is 8.88. The van der Waals surface area contributed by atoms with E-state index in [0.717, 1.165) is 4.68 Å². The third-order valence-corrected chi connectivity index (χ3v) is 6.11. The Morgan fingerprint density at radius 1 is 1.31 bits per heavy atom. The number of amides is 2. The number of nitrogens with one attached hydrogen (secondary N) is 2. The average Bonchev–Trinajstić information content (AvgIpc) is 3.36. The van der Waals surface area contributed by atoms with Crippen LogP contribution in [-0.4, -0.2) is 43.2 Å². The zero-order chi connectivity index (χ0) is 26.2. The molecule has 36 heavy (non-hydrogen) atoms. The molecule has 9 nitrogen and oxygen atoms in total. The highest BCUT2D eigenvalue weighted by molar-refractivity contribution is 6.34. The molecule has 1 aliphatic carbocycles. The maximum Gasteiger partial charge on any atom is 0.435 e. The van der Waals surface area contributed by atoms with Gasteiger partial charge in [0.1, 0.15) is 0 Å². The number of alkyl halides is 3. The number of carbonyl (C=O) groups is 2. The fraction of sp³-hybridized carbons (Fsp3) is 0.304. The van der Waals surface area contributed by atoms with Crippen LogP contribution in [0.2, 0.25) is 5.02 Å². The first-order chi connectivity index (χ1) is 17.0. The lowest BCUT2D eigenvalue weighted by atomic mass is 9.87. The summed E-state index contributed by atoms with van der Waals surface area (Å²) in [6.45, 7) is 3.59. The van der Waals surface area contributed by atoms with Crippen molar-refractivity contribution in [2.75, 3.05) is 5.32 Å². The highest BCUT2D eigenvalue weighted by Gasteiger charge is 2.38. The molecular weight excluding hydrogens is 499 g/mol. The summed E-state index contributed by atoms with van der Waals surface area (Å²) in [6.07, 6.45) is 0.507. The Morgan fingerprint density at radius 2 is 2.03 bits per heavy atom. The number of nitrogens with two attached hydrogens (primary N) is 1. The SMILES string of the molecule is C=CCn1cc(-c2cnc(C(=O)Nc3ccc(C(=O)NC4CC(N)C4)c(Cl)c3)n2C)c(C(F)(F)F)n1. The van der Waals surface area contributed by atoms with E-state index in [2.05, 4.69) is 27.3 Å². The van der Waals surface area contributed by atoms with Crippen LogP contribution in [0.15, 0.2) is 43.2 Å². The van der Waals surface area contributed by atoms with E-state index in [9.17, 15) is 22.8 Å². The highest BCUT2D eigenvalue weighted by Crippen LogP contribution is 2.36. The van der Waals surface area contributed by atoms with Gasteiger partial charge in [-0.25, -0.2) is 4.98 Å². The lowest BCUT2D eigenvalue weighted by Crippen LogP contribution is -2.50. The van der Waals surface area contributed by atoms with Gasteiger partial charge in [0.2, 0.25) is 0 Å². The number of anilines is 1. The van der Waals surface area contributed by atoms with E-state index in [-0.39, 0.29) is 57.9 Å². The van der Waals surface area contributed by atoms with Crippen molar-refractivity contribution in [3.63, 3.8) is 0 Å². The molecule has 1 aromatic carbocycles. The van der Waals surface area contributed by atoms with Crippen molar-refractivity contribution in [2.45, 2.75) is 37.6 Å². The number of benzene rings is 1. The number of imidazole rings is 1. The standard InChI is InChI=1S/C23H23ClF3N7O2/c1-3-6-34-11-16(19(32-34)23(25,26)27)18-10-29-20(33(18)2)22(36)30-13-4-5-15(17(24)9-13)21(35)31-14-7-12(28)8-14/h3-5,9-12,14H,1,6-8,28H2,2H3,(H,30,36)(H,31,35). The van der Waals surface area contributed by atoms with E-state index < -0.39 is 17.8 Å². The van der Waals surface area contributed by atoms with E-state index in [0.29, 0.717) is 12.8 Å². The van der Waals surface area contributed by atoms with Crippen LogP contribution in [0.25, 0.3) is 11.3 Å². The Bertz CT molecular complexity index is 1330. The van der Waals surface area contributed by atoms with Gasteiger partial charge in [-0.1, -0.05) is 17.7 Å². The summed E-state index contributed by atoms with van der Waals surface area (Å²) in [6, 6.07) is 4.46. The minimum atomic E-state index is -4.70. The predicted octanol–water partition coefficient (Wildman–Crippen LogP) is 3.61. The van der Waals surface area contributed by atoms with Crippen molar-refractivity contribution in [1.82, 2.24) is 24.6 Å². The van der Waals surface area contributed by atoms with Crippen LogP contribution in [0.1, 0.15) is 39.5 Å². The molecular formula is C23H23ClF3N7O2. The molecule has 0 aliphatic heterocycles. The van der Waals surface area contributed by atoms with Crippen LogP contribution >= 0.6 is 11.6 Å². The average molecular weight is 522 g/mol. The van der Waals surface area contributed by atoms with E-state index in [1.807, 2.05) is 0 Å². The minimum absolute atomic E-state index is 0.00213. The quantitative estimate of drug-likeness (QED) is 0.410. The molecule has 0 atom stereocenters. The molecule has 190 valence electrons. The first-order valence-corrected chi connectivity index (χ1v) is 11.3. The number of rotatable bonds is 7. The Balaban J connectivity index is 1.52. The summed E-state index contributed by atoms with van der Waals surface area (Å²) in [5.74, 6) is -1.15. The molecule has 1 aliphatic rings. The van der Waals surface area contributed by atoms with Crippen molar-refractivity contribution in [2.24, 2.45) is 12.8 Å². The number of carbonyl (C=O) groups excluding carboxylic acids is 2. The Kier molecular flexibility index (Phi) is 6.92. The molecule has 1 fully saturated rings. The summed E-state index contributed by atoms with van der Waals surface area (Å²) in [4.78, 5) is 29.3. The topological polar surface area (TPSA) is 120 Å². The van der Waals surface area contributed by atoms with E-state index in [1.54, 1.807) is 0 Å². The molecule has 4 rings (SSSR count). The monoisotopic (exact) mass is 521 g/mol. The van der Waals surface area contributed by atoms with Gasteiger partial charge in [0.15, 0.2) is 11.5 Å². The second kappa shape index (κ2) is 9.78. The number of hydrogen-bond acceptors (Lipinski definition) is 5. The van der Waals surface area contributed by atoms with Gasteiger partial charge in [-0.05, 0) is 31.0 Å². The number of hydrogen-bond donors (Lipinski definition) is 3. The molecule has 2 heterocycles. The van der Waals surface area contributed by atoms with Crippen molar-refractivity contribution in [1.29, 1.82) is 0 Å². The molecule has 0 unspecified atom stereocenters. The van der Waals surface area contributed by atoms with Gasteiger partial charge in [-0.3, -0.25) is 14.3 Å². The molecule has 2 amide bonds. The third kappa shape index (κ3) is 5.14. The minimum Gasteiger partial charge on any atom is -0.349 e. The van der Waals surface area contributed by atoms with Gasteiger partial charge < -0.3 is 20.9 Å². The molecule has 4 N–H and O–H groups in total. The number of allylic oxidation sites excluding steroid dienone is 1. The number of halogens is 4. The first kappa shape index (κ1) is 25.5. The van der Waals surface area contributed by atoms with Crippen LogP contribution in [0, 0.1) is 0 Å². The first-order valence-electron chi connectivity index (χ1n) is 10.9. The van der Waals surface area contributed by atoms with Crippen molar-refractivity contribution in [3.8, 4) is 11.3 Å². The Morgan fingerprint density at radius 3 is 2.64 bits per heavy atom. The van der Waals surface area contributed by atoms with Crippen LogP contribution in [0.4, 0.5) is 18.9 Å². The molecule has 0 bridgehead atoms. The van der Waals surface area contributed by atoms with Crippen molar-refractivity contribution in [3.05, 3.63) is 65.4 Å². The van der Waals surface area contributed by atoms with Crippen LogP contribution in [0.3, 0.4) is 0 Å². The molecule has 13 heteroatoms. The lowest BCUT2D eigenvalue weighted by molar-refractivity contribution is -0.141. The van der Waals surface area contributed by atoms with Gasteiger partial charge in [0, 0.05) is 31.0 Å². The molecule has 2 aromatic heterocycles. The normalized spacial score (nSPS) is 17.4. The summed E-state index contributed by atoms with van der Waals surface area (Å²) in [5, 5.41) is 9.17. The summed E-state index contributed by atoms with van der Waals surface area (Å²) >= 11 is 6.25. The summed E-state index contributed by atoms with van der Waals surface area (Å²) in [5.41, 5.74) is 5.00. The Hall–Kier alpha value is -3.64. The van der Waals surface area contributed by atoms with Gasteiger partial charge in [-0.2, -0.15) is 18.3 Å². The smallest absolute Gasteiger partial charge is 0.349 e. The Labute approximate surface area is 209 Å². The molecule has 1 saturated carbocycles. The zero-order valence-corrected chi connectivity index (χ0v) is 19.9. The number of aromatic nitrogens is 4. The van der Waals surface area contributed by atoms with Crippen LogP contribution in [0.5, 0.6) is 0 Å². The highest BCUT2D eigenvalue weighted by atomic mass is 35.5. The van der Waals surface area contributed by atoms with Crippen LogP contribution in [-0.2, 0) is 19.8 Å². The number of nitrogens with zero attached hydrogens (tertiary/aromatic N) is 4. The molecule has 0 radical (unpaired) electrons. The predicted molar refractivity (Wildman–Crippen MR) is 127 cm³/mol. The van der Waals surface area contributed by atoms with E-state index in [1.165, 1.54) is 48.3 Å². The summed E-state index contributed by atoms with van der Waals surface area (Å²) in [7, 11) is 1.43. The molecule has 3 aromatic rings. The van der Waals surface area contributed by atoms with Gasteiger partial charge in [0.05, 0.1) is 34.6 Å². The van der Waals surface area contributed by atoms with E-state index in [4.69, 9.17) is 17.3 Å². The lowest BCUT2D eigenvalue weighted by Gasteiger charge is -2.33. The summed E-state index contributed by atoms with van der Waals surface area (Å²) < 4.78 is 43.0. The van der Waals surface area contributed by atoms with Gasteiger partial charge in [0.25, 0.3) is 11.8 Å². The molecule has 0 spiro atoms. The van der Waals surface area contributed by atoms with Gasteiger partial charge >= 0.3 is 6.18 Å². The maximum absolute atomic E-state index is 13.6. The van der Waals surface area contributed by atoms with Crippen molar-refractivity contribution >= 4 is 29.1 Å². The van der Waals surface area contributed by atoms with Gasteiger partial charge in [-0.15, -0.1) is 6.58 Å². The largest absolute Gasteiger partial charge is 0.435 e. The zero-order valence-electron chi connectivity index (χ0n) is 19.1. The van der Waals surface area contributed by atoms with Crippen molar-refractivity contribution < 1.29 is 22.8 Å². The maximum atomic E-state index is 13.6. The molecule has 0 saturated heterocycles.